The van der Waals surface area contributed by atoms with Gasteiger partial charge in [-0.05, 0) is 43.0 Å². The molecule has 1 fully saturated rings. The molecule has 1 aliphatic heterocycles. The molecule has 4 rings (SSSR count). The minimum Gasteiger partial charge on any atom is -0.480 e. The van der Waals surface area contributed by atoms with E-state index in [0.29, 0.717) is 24.2 Å². The summed E-state index contributed by atoms with van der Waals surface area (Å²) in [6.45, 7) is 1.31. The standard InChI is InChI=1S/C30H34N3O6PS/c1-21(17-25(18-22-11-5-2-6-12-22)31-28(36)23-13-7-3-8-14-23)39-40(38)32-26-20-41-30(24-15-9-4-10-16-24)33(29(26)37)19-27(34)35/h2-16,21,25-26,30,40H,17-20H2,1H3,(H,31,36)(H,32,38)(H,34,35). The minimum absolute atomic E-state index is 0.208. The molecule has 5 unspecified atom stereocenters. The SMILES string of the molecule is CC(CC(Cc1ccccc1)NC(=O)c1ccccc1)O[PH](=O)NC1CSC(c2ccccc2)N(CC(=O)O)C1=O. The summed E-state index contributed by atoms with van der Waals surface area (Å²) in [4.78, 5) is 39.0. The van der Waals surface area contributed by atoms with Crippen LogP contribution in [-0.2, 0) is 25.1 Å². The first-order valence-corrected chi connectivity index (χ1v) is 15.7. The first-order valence-electron chi connectivity index (χ1n) is 13.4. The second-order valence-corrected chi connectivity index (χ2v) is 12.0. The lowest BCUT2D eigenvalue weighted by Gasteiger charge is -2.38. The highest BCUT2D eigenvalue weighted by Crippen LogP contribution is 2.38. The summed E-state index contributed by atoms with van der Waals surface area (Å²) in [5.41, 5.74) is 2.41. The van der Waals surface area contributed by atoms with E-state index >= 15 is 0 Å². The van der Waals surface area contributed by atoms with Crippen LogP contribution in [0, 0.1) is 0 Å². The number of hydrogen-bond acceptors (Lipinski definition) is 6. The Morgan fingerprint density at radius 1 is 1.02 bits per heavy atom. The monoisotopic (exact) mass is 595 g/mol. The molecule has 0 aliphatic carbocycles. The van der Waals surface area contributed by atoms with Gasteiger partial charge in [0.1, 0.15) is 18.0 Å². The molecule has 41 heavy (non-hydrogen) atoms. The van der Waals surface area contributed by atoms with Crippen molar-refractivity contribution < 1.29 is 28.6 Å². The van der Waals surface area contributed by atoms with Crippen LogP contribution in [0.15, 0.2) is 91.0 Å². The predicted octanol–water partition coefficient (Wildman–Crippen LogP) is 4.53. The lowest BCUT2D eigenvalue weighted by atomic mass is 10.0. The molecule has 9 nitrogen and oxygen atoms in total. The number of benzene rings is 3. The van der Waals surface area contributed by atoms with E-state index in [4.69, 9.17) is 4.52 Å². The molecule has 0 radical (unpaired) electrons. The summed E-state index contributed by atoms with van der Waals surface area (Å²) >= 11 is 1.41. The third-order valence-electron chi connectivity index (χ3n) is 6.59. The smallest absolute Gasteiger partial charge is 0.323 e. The van der Waals surface area contributed by atoms with Crippen molar-refractivity contribution in [3.63, 3.8) is 0 Å². The Bertz CT molecular complexity index is 1330. The fraction of sp³-hybridized carbons (Fsp3) is 0.300. The van der Waals surface area contributed by atoms with E-state index in [1.54, 1.807) is 31.2 Å². The molecular weight excluding hydrogens is 561 g/mol. The number of carboxylic acid groups (broad SMARTS) is 1. The molecule has 11 heteroatoms. The number of thioether (sulfide) groups is 1. The first-order chi connectivity index (χ1) is 19.8. The van der Waals surface area contributed by atoms with Gasteiger partial charge in [0.25, 0.3) is 14.1 Å². The Kier molecular flexibility index (Phi) is 11.2. The summed E-state index contributed by atoms with van der Waals surface area (Å²) in [6, 6.07) is 26.8. The normalized spacial score (nSPS) is 19.2. The molecule has 2 amide bonds. The van der Waals surface area contributed by atoms with Crippen LogP contribution in [0.3, 0.4) is 0 Å². The van der Waals surface area contributed by atoms with Gasteiger partial charge in [0.05, 0.1) is 6.10 Å². The van der Waals surface area contributed by atoms with Crippen molar-refractivity contribution in [3.8, 4) is 0 Å². The fourth-order valence-corrected chi connectivity index (χ4v) is 7.22. The van der Waals surface area contributed by atoms with Gasteiger partial charge in [-0.15, -0.1) is 11.8 Å². The Morgan fingerprint density at radius 2 is 1.63 bits per heavy atom. The zero-order valence-electron chi connectivity index (χ0n) is 22.6. The quantitative estimate of drug-likeness (QED) is 0.246. The first kappa shape index (κ1) is 30.5. The Balaban J connectivity index is 1.37. The molecule has 1 aliphatic rings. The van der Waals surface area contributed by atoms with Crippen LogP contribution in [0.25, 0.3) is 0 Å². The van der Waals surface area contributed by atoms with Gasteiger partial charge in [-0.25, -0.2) is 5.09 Å². The van der Waals surface area contributed by atoms with Crippen LogP contribution < -0.4 is 10.4 Å². The zero-order chi connectivity index (χ0) is 29.2. The Labute approximate surface area is 244 Å². The van der Waals surface area contributed by atoms with Crippen molar-refractivity contribution in [2.24, 2.45) is 0 Å². The highest BCUT2D eigenvalue weighted by molar-refractivity contribution is 7.99. The molecule has 216 valence electrons. The highest BCUT2D eigenvalue weighted by Gasteiger charge is 2.38. The zero-order valence-corrected chi connectivity index (χ0v) is 24.5. The number of carbonyl (C=O) groups excluding carboxylic acids is 2. The number of rotatable bonds is 13. The number of nitrogens with one attached hydrogen (secondary N) is 2. The Hall–Kier alpha value is -3.43. The number of amides is 2. The summed E-state index contributed by atoms with van der Waals surface area (Å²) in [5, 5.41) is 14.8. The van der Waals surface area contributed by atoms with Crippen molar-refractivity contribution in [1.82, 2.24) is 15.3 Å². The topological polar surface area (TPSA) is 125 Å². The van der Waals surface area contributed by atoms with E-state index in [1.165, 1.54) is 16.7 Å². The molecule has 3 aromatic carbocycles. The average molecular weight is 596 g/mol. The van der Waals surface area contributed by atoms with Crippen molar-refractivity contribution in [3.05, 3.63) is 108 Å². The highest BCUT2D eigenvalue weighted by atomic mass is 32.2. The second kappa shape index (κ2) is 15.0. The maximum absolute atomic E-state index is 13.3. The minimum atomic E-state index is -2.87. The number of aliphatic carboxylic acids is 1. The number of nitrogens with zero attached hydrogens (tertiary/aromatic N) is 1. The van der Waals surface area contributed by atoms with Crippen molar-refractivity contribution in [1.29, 1.82) is 0 Å². The largest absolute Gasteiger partial charge is 0.480 e. The van der Waals surface area contributed by atoms with E-state index < -0.39 is 44.1 Å². The third kappa shape index (κ3) is 9.03. The molecule has 5 atom stereocenters. The van der Waals surface area contributed by atoms with Gasteiger partial charge in [0.2, 0.25) is 5.91 Å². The molecule has 0 aromatic heterocycles. The van der Waals surface area contributed by atoms with Gasteiger partial charge in [0, 0.05) is 17.4 Å². The number of carbonyl (C=O) groups is 3. The van der Waals surface area contributed by atoms with Gasteiger partial charge in [-0.2, -0.15) is 0 Å². The molecular formula is C30H34N3O6PS. The molecule has 3 aromatic rings. The second-order valence-electron chi connectivity index (χ2n) is 9.83. The average Bonchev–Trinajstić information content (AvgIpc) is 2.96. The van der Waals surface area contributed by atoms with Crippen LogP contribution >= 0.6 is 19.9 Å². The van der Waals surface area contributed by atoms with Crippen molar-refractivity contribution >= 4 is 37.7 Å². The van der Waals surface area contributed by atoms with Gasteiger partial charge in [0.15, 0.2) is 0 Å². The fourth-order valence-electron chi connectivity index (χ4n) is 4.73. The lowest BCUT2D eigenvalue weighted by Crippen LogP contribution is -2.52. The molecule has 1 saturated heterocycles. The lowest BCUT2D eigenvalue weighted by molar-refractivity contribution is -0.145. The van der Waals surface area contributed by atoms with Gasteiger partial charge in [-0.3, -0.25) is 18.9 Å². The van der Waals surface area contributed by atoms with Crippen LogP contribution in [0.4, 0.5) is 0 Å². The van der Waals surface area contributed by atoms with E-state index in [9.17, 15) is 24.1 Å². The van der Waals surface area contributed by atoms with E-state index in [-0.39, 0.29) is 11.9 Å². The van der Waals surface area contributed by atoms with E-state index in [1.807, 2.05) is 66.7 Å². The third-order valence-corrected chi connectivity index (χ3v) is 9.16. The van der Waals surface area contributed by atoms with Gasteiger partial charge < -0.3 is 19.8 Å². The molecule has 0 spiro atoms. The Morgan fingerprint density at radius 3 is 2.27 bits per heavy atom. The van der Waals surface area contributed by atoms with Crippen LogP contribution in [0.1, 0.15) is 40.2 Å². The molecule has 1 heterocycles. The van der Waals surface area contributed by atoms with Crippen LogP contribution in [0.5, 0.6) is 0 Å². The number of carboxylic acids is 1. The van der Waals surface area contributed by atoms with Crippen molar-refractivity contribution in [2.45, 2.75) is 43.3 Å². The summed E-state index contributed by atoms with van der Waals surface area (Å²) in [5.74, 6) is -1.46. The van der Waals surface area contributed by atoms with Crippen molar-refractivity contribution in [2.75, 3.05) is 12.3 Å². The molecule has 3 N–H and O–H groups in total. The number of hydrogen-bond donors (Lipinski definition) is 3. The van der Waals surface area contributed by atoms with E-state index in [0.717, 1.165) is 11.1 Å². The maximum Gasteiger partial charge on any atom is 0.323 e. The summed E-state index contributed by atoms with van der Waals surface area (Å²) < 4.78 is 18.8. The van der Waals surface area contributed by atoms with Crippen LogP contribution in [-0.4, -0.2) is 58.3 Å². The molecule has 0 bridgehead atoms. The predicted molar refractivity (Wildman–Crippen MR) is 160 cm³/mol. The van der Waals surface area contributed by atoms with E-state index in [2.05, 4.69) is 10.4 Å². The van der Waals surface area contributed by atoms with Gasteiger partial charge in [-0.1, -0.05) is 78.9 Å². The summed E-state index contributed by atoms with van der Waals surface area (Å²) in [6.07, 6.45) is 0.446. The maximum atomic E-state index is 13.3. The van der Waals surface area contributed by atoms with Crippen LogP contribution in [0.2, 0.25) is 0 Å². The molecule has 0 saturated carbocycles. The van der Waals surface area contributed by atoms with Gasteiger partial charge >= 0.3 is 5.97 Å². The summed E-state index contributed by atoms with van der Waals surface area (Å²) in [7, 11) is -2.87.